The van der Waals surface area contributed by atoms with Gasteiger partial charge in [-0.1, -0.05) is 13.3 Å². The van der Waals surface area contributed by atoms with Gasteiger partial charge in [-0.15, -0.1) is 0 Å². The lowest BCUT2D eigenvalue weighted by Crippen LogP contribution is -2.00. The summed E-state index contributed by atoms with van der Waals surface area (Å²) in [7, 11) is 0. The molecule has 0 aliphatic carbocycles. The summed E-state index contributed by atoms with van der Waals surface area (Å²) in [5.41, 5.74) is 0. The van der Waals surface area contributed by atoms with E-state index in [9.17, 15) is 9.59 Å². The molecule has 0 radical (unpaired) electrons. The third-order valence-electron chi connectivity index (χ3n) is 1.13. The Balaban J connectivity index is 3.33. The van der Waals surface area contributed by atoms with Gasteiger partial charge < -0.3 is 9.47 Å². The summed E-state index contributed by atoms with van der Waals surface area (Å²) >= 11 is 0. The molecule has 0 saturated carbocycles. The van der Waals surface area contributed by atoms with Crippen molar-refractivity contribution in [2.24, 2.45) is 0 Å². The van der Waals surface area contributed by atoms with Crippen LogP contribution < -0.4 is 0 Å². The molecule has 0 unspecified atom stereocenters. The molecule has 0 atom stereocenters. The zero-order valence-corrected chi connectivity index (χ0v) is 6.99. The van der Waals surface area contributed by atoms with E-state index in [1.54, 1.807) is 6.08 Å². The van der Waals surface area contributed by atoms with Gasteiger partial charge in [0.05, 0.1) is 6.26 Å². The number of carbonyl (C=O) groups excluding carboxylic acids is 2. The first-order valence-corrected chi connectivity index (χ1v) is 3.77. The predicted octanol–water partition coefficient (Wildman–Crippen LogP) is 2.00. The molecule has 0 aromatic carbocycles. The fraction of sp³-hybridized carbons (Fsp3) is 0.500. The van der Waals surface area contributed by atoms with Crippen molar-refractivity contribution in [2.45, 2.75) is 26.2 Å². The molecular weight excluding hydrogens is 160 g/mol. The molecule has 0 aromatic rings. The topological polar surface area (TPSA) is 52.6 Å². The molecule has 68 valence electrons. The Hall–Kier alpha value is -1.32. The van der Waals surface area contributed by atoms with E-state index in [-0.39, 0.29) is 6.47 Å². The second kappa shape index (κ2) is 7.78. The van der Waals surface area contributed by atoms with E-state index in [1.165, 1.54) is 6.26 Å². The Morgan fingerprint density at radius 2 is 2.17 bits per heavy atom. The highest BCUT2D eigenvalue weighted by atomic mass is 16.7. The number of unbranched alkanes of at least 4 members (excludes halogenated alkanes) is 2. The number of hydrogen-bond acceptors (Lipinski definition) is 4. The molecule has 0 spiro atoms. The van der Waals surface area contributed by atoms with E-state index in [0.717, 1.165) is 19.3 Å². The van der Waals surface area contributed by atoms with Gasteiger partial charge >= 0.3 is 12.6 Å². The molecule has 0 saturated heterocycles. The van der Waals surface area contributed by atoms with E-state index >= 15 is 0 Å². The minimum Gasteiger partial charge on any atom is -0.403 e. The molecule has 12 heavy (non-hydrogen) atoms. The maximum absolute atomic E-state index is 10.3. The lowest BCUT2D eigenvalue weighted by molar-refractivity contribution is -0.124. The van der Waals surface area contributed by atoms with E-state index in [1.807, 2.05) is 0 Å². The molecule has 0 aliphatic rings. The SMILES string of the molecule is CCCC/C=C/OC(=O)OC=O. The number of carbonyl (C=O) groups is 2. The fourth-order valence-electron chi connectivity index (χ4n) is 0.561. The third-order valence-corrected chi connectivity index (χ3v) is 1.13. The monoisotopic (exact) mass is 172 g/mol. The van der Waals surface area contributed by atoms with Crippen molar-refractivity contribution in [1.82, 2.24) is 0 Å². The molecule has 0 bridgehead atoms. The first kappa shape index (κ1) is 10.7. The average Bonchev–Trinajstić information content (AvgIpc) is 2.05. The van der Waals surface area contributed by atoms with Crippen LogP contribution in [-0.2, 0) is 14.3 Å². The summed E-state index contributed by atoms with van der Waals surface area (Å²) < 4.78 is 8.21. The largest absolute Gasteiger partial charge is 0.520 e. The van der Waals surface area contributed by atoms with Gasteiger partial charge in [-0.25, -0.2) is 4.79 Å². The van der Waals surface area contributed by atoms with Crippen LogP contribution in [0.3, 0.4) is 0 Å². The van der Waals surface area contributed by atoms with Gasteiger partial charge in [0.2, 0.25) is 0 Å². The van der Waals surface area contributed by atoms with E-state index in [2.05, 4.69) is 16.4 Å². The molecule has 4 nitrogen and oxygen atoms in total. The Kier molecular flexibility index (Phi) is 6.93. The van der Waals surface area contributed by atoms with Crippen LogP contribution in [0.2, 0.25) is 0 Å². The van der Waals surface area contributed by atoms with Crippen molar-refractivity contribution in [3.8, 4) is 0 Å². The van der Waals surface area contributed by atoms with Gasteiger partial charge in [0.15, 0.2) is 0 Å². The summed E-state index contributed by atoms with van der Waals surface area (Å²) in [5, 5.41) is 0. The van der Waals surface area contributed by atoms with Crippen LogP contribution in [-0.4, -0.2) is 12.6 Å². The van der Waals surface area contributed by atoms with Crippen LogP contribution >= 0.6 is 0 Å². The van der Waals surface area contributed by atoms with Crippen molar-refractivity contribution in [2.75, 3.05) is 0 Å². The number of hydrogen-bond donors (Lipinski definition) is 0. The van der Waals surface area contributed by atoms with Crippen molar-refractivity contribution in [1.29, 1.82) is 0 Å². The molecule has 0 aromatic heterocycles. The molecule has 0 rings (SSSR count). The van der Waals surface area contributed by atoms with Crippen LogP contribution in [0, 0.1) is 0 Å². The molecule has 0 heterocycles. The van der Waals surface area contributed by atoms with Crippen LogP contribution in [0.5, 0.6) is 0 Å². The van der Waals surface area contributed by atoms with Gasteiger partial charge in [-0.2, -0.15) is 0 Å². The van der Waals surface area contributed by atoms with E-state index in [0.29, 0.717) is 0 Å². The maximum Gasteiger partial charge on any atom is 0.520 e. The van der Waals surface area contributed by atoms with Crippen LogP contribution in [0.4, 0.5) is 4.79 Å². The van der Waals surface area contributed by atoms with E-state index < -0.39 is 6.16 Å². The Labute approximate surface area is 71.2 Å². The van der Waals surface area contributed by atoms with Gasteiger partial charge in [0, 0.05) is 0 Å². The molecular formula is C8H12O4. The summed E-state index contributed by atoms with van der Waals surface area (Å²) in [4.78, 5) is 20.0. The van der Waals surface area contributed by atoms with Crippen LogP contribution in [0.1, 0.15) is 26.2 Å². The Morgan fingerprint density at radius 1 is 1.42 bits per heavy atom. The van der Waals surface area contributed by atoms with Crippen molar-refractivity contribution in [3.63, 3.8) is 0 Å². The first-order chi connectivity index (χ1) is 5.81. The van der Waals surface area contributed by atoms with Crippen LogP contribution in [0.15, 0.2) is 12.3 Å². The zero-order chi connectivity index (χ0) is 9.23. The Bertz CT molecular complexity index is 162. The highest BCUT2D eigenvalue weighted by molar-refractivity contribution is 5.69. The zero-order valence-electron chi connectivity index (χ0n) is 6.99. The average molecular weight is 172 g/mol. The number of allylic oxidation sites excluding steroid dienone is 1. The molecule has 0 fully saturated rings. The molecule has 4 heteroatoms. The van der Waals surface area contributed by atoms with Gasteiger partial charge in [-0.3, -0.25) is 4.79 Å². The van der Waals surface area contributed by atoms with Crippen molar-refractivity contribution >= 4 is 12.6 Å². The second-order valence-corrected chi connectivity index (χ2v) is 2.10. The smallest absolute Gasteiger partial charge is 0.403 e. The van der Waals surface area contributed by atoms with E-state index in [4.69, 9.17) is 0 Å². The quantitative estimate of drug-likeness (QED) is 0.209. The molecule has 0 aliphatic heterocycles. The minimum atomic E-state index is -1.00. The lowest BCUT2D eigenvalue weighted by atomic mass is 10.2. The van der Waals surface area contributed by atoms with Gasteiger partial charge in [-0.05, 0) is 18.9 Å². The van der Waals surface area contributed by atoms with Crippen LogP contribution in [0.25, 0.3) is 0 Å². The fourth-order valence-corrected chi connectivity index (χ4v) is 0.561. The minimum absolute atomic E-state index is 0.0300. The summed E-state index contributed by atoms with van der Waals surface area (Å²) in [6.07, 6.45) is 4.91. The number of ether oxygens (including phenoxy) is 2. The number of rotatable bonds is 5. The standard InChI is InChI=1S/C8H12O4/c1-2-3-4-5-6-11-8(10)12-7-9/h5-7H,2-4H2,1H3/b6-5+. The molecule has 0 N–H and O–H groups in total. The first-order valence-electron chi connectivity index (χ1n) is 3.77. The predicted molar refractivity (Wildman–Crippen MR) is 42.3 cm³/mol. The maximum atomic E-state index is 10.3. The summed E-state index contributed by atoms with van der Waals surface area (Å²) in [6, 6.07) is 0. The Morgan fingerprint density at radius 3 is 2.75 bits per heavy atom. The summed E-state index contributed by atoms with van der Waals surface area (Å²) in [6.45, 7) is 2.09. The highest BCUT2D eigenvalue weighted by Gasteiger charge is 1.97. The summed E-state index contributed by atoms with van der Waals surface area (Å²) in [5.74, 6) is 0. The van der Waals surface area contributed by atoms with Crippen molar-refractivity contribution in [3.05, 3.63) is 12.3 Å². The van der Waals surface area contributed by atoms with Gasteiger partial charge in [0.1, 0.15) is 0 Å². The van der Waals surface area contributed by atoms with Gasteiger partial charge in [0.25, 0.3) is 0 Å². The second-order valence-electron chi connectivity index (χ2n) is 2.10. The van der Waals surface area contributed by atoms with Crippen molar-refractivity contribution < 1.29 is 19.1 Å². The highest BCUT2D eigenvalue weighted by Crippen LogP contribution is 1.95. The normalized spacial score (nSPS) is 9.75. The molecule has 0 amide bonds. The third kappa shape index (κ3) is 6.80. The lowest BCUT2D eigenvalue weighted by Gasteiger charge is -1.92.